The highest BCUT2D eigenvalue weighted by molar-refractivity contribution is 5.97. The minimum Gasteiger partial charge on any atom is -0.483 e. The van der Waals surface area contributed by atoms with Crippen LogP contribution in [-0.4, -0.2) is 21.0 Å². The van der Waals surface area contributed by atoms with Crippen LogP contribution in [0.3, 0.4) is 0 Å². The van der Waals surface area contributed by atoms with Crippen LogP contribution in [0, 0.1) is 0 Å². The first-order chi connectivity index (χ1) is 14.7. The monoisotopic (exact) mass is 400 g/mol. The fourth-order valence-corrected chi connectivity index (χ4v) is 2.93. The van der Waals surface area contributed by atoms with Gasteiger partial charge in [0.15, 0.2) is 6.61 Å². The predicted molar refractivity (Wildman–Crippen MR) is 111 cm³/mol. The summed E-state index contributed by atoms with van der Waals surface area (Å²) < 4.78 is 11.1. The van der Waals surface area contributed by atoms with Gasteiger partial charge >= 0.3 is 0 Å². The van der Waals surface area contributed by atoms with Gasteiger partial charge in [-0.1, -0.05) is 53.7 Å². The molecule has 0 fully saturated rings. The molecule has 4 rings (SSSR count). The minimum absolute atomic E-state index is 0.0578. The molecule has 0 spiro atoms. The Morgan fingerprint density at radius 3 is 2.67 bits per heavy atom. The molecule has 0 bridgehead atoms. The molecule has 2 aromatic heterocycles. The Morgan fingerprint density at radius 2 is 1.87 bits per heavy atom. The zero-order chi connectivity index (χ0) is 20.8. The van der Waals surface area contributed by atoms with Crippen LogP contribution in [0.25, 0.3) is 11.4 Å². The van der Waals surface area contributed by atoms with Gasteiger partial charge in [-0.05, 0) is 30.7 Å². The summed E-state index contributed by atoms with van der Waals surface area (Å²) in [6.45, 7) is 1.96. The Bertz CT molecular complexity index is 1110. The second-order valence-electron chi connectivity index (χ2n) is 6.64. The van der Waals surface area contributed by atoms with Gasteiger partial charge in [-0.3, -0.25) is 9.78 Å². The van der Waals surface area contributed by atoms with E-state index in [9.17, 15) is 4.79 Å². The number of pyridine rings is 1. The molecule has 7 nitrogen and oxygen atoms in total. The number of carbonyl (C=O) groups excluding carboxylic acids is 1. The highest BCUT2D eigenvalue weighted by Crippen LogP contribution is 2.21. The average Bonchev–Trinajstić information content (AvgIpc) is 3.28. The number of carbonyl (C=O) groups is 1. The van der Waals surface area contributed by atoms with Crippen molar-refractivity contribution in [3.05, 3.63) is 96.1 Å². The largest absolute Gasteiger partial charge is 0.483 e. The van der Waals surface area contributed by atoms with Gasteiger partial charge in [0, 0.05) is 18.0 Å². The van der Waals surface area contributed by atoms with Gasteiger partial charge in [-0.15, -0.1) is 0 Å². The number of nitrogens with one attached hydrogen (secondary N) is 1. The van der Waals surface area contributed by atoms with Crippen LogP contribution in [0.15, 0.2) is 83.6 Å². The van der Waals surface area contributed by atoms with Crippen LogP contribution in [-0.2, 0) is 6.61 Å². The number of para-hydroxylation sites is 1. The van der Waals surface area contributed by atoms with E-state index in [1.54, 1.807) is 36.7 Å². The van der Waals surface area contributed by atoms with Gasteiger partial charge in [-0.25, -0.2) is 0 Å². The SMILES string of the molecule is C[C@H](NC(=O)c1ccccc1OCc1nc(-c2ccccc2)no1)c1cccnc1. The highest BCUT2D eigenvalue weighted by atomic mass is 16.5. The van der Waals surface area contributed by atoms with E-state index in [1.165, 1.54) is 0 Å². The fourth-order valence-electron chi connectivity index (χ4n) is 2.93. The number of ether oxygens (including phenoxy) is 1. The lowest BCUT2D eigenvalue weighted by Crippen LogP contribution is -2.27. The maximum atomic E-state index is 12.8. The number of rotatable bonds is 7. The lowest BCUT2D eigenvalue weighted by atomic mass is 10.1. The standard InChI is InChI=1S/C23H20N4O3/c1-16(18-10-7-13-24-14-18)25-23(28)19-11-5-6-12-20(19)29-15-21-26-22(27-30-21)17-8-3-2-4-9-17/h2-14,16H,15H2,1H3,(H,25,28)/t16-/m0/s1. The summed E-state index contributed by atoms with van der Waals surface area (Å²) in [6.07, 6.45) is 3.43. The molecule has 30 heavy (non-hydrogen) atoms. The van der Waals surface area contributed by atoms with Gasteiger partial charge in [0.25, 0.3) is 11.8 Å². The van der Waals surface area contributed by atoms with E-state index in [1.807, 2.05) is 49.4 Å². The van der Waals surface area contributed by atoms with Gasteiger partial charge in [-0.2, -0.15) is 4.98 Å². The van der Waals surface area contributed by atoms with Crippen molar-refractivity contribution in [2.45, 2.75) is 19.6 Å². The quantitative estimate of drug-likeness (QED) is 0.500. The number of aromatic nitrogens is 3. The van der Waals surface area contributed by atoms with Crippen LogP contribution in [0.4, 0.5) is 0 Å². The second kappa shape index (κ2) is 9.00. The van der Waals surface area contributed by atoms with Gasteiger partial charge in [0.2, 0.25) is 5.82 Å². The average molecular weight is 400 g/mol. The van der Waals surface area contributed by atoms with E-state index in [0.29, 0.717) is 23.0 Å². The Kier molecular flexibility index (Phi) is 5.80. The Balaban J connectivity index is 1.43. The van der Waals surface area contributed by atoms with Gasteiger partial charge in [0.05, 0.1) is 11.6 Å². The zero-order valence-corrected chi connectivity index (χ0v) is 16.4. The summed E-state index contributed by atoms with van der Waals surface area (Å²) in [7, 11) is 0. The Labute approximate surface area is 173 Å². The lowest BCUT2D eigenvalue weighted by Gasteiger charge is -2.15. The molecule has 0 aliphatic heterocycles. The van der Waals surface area contributed by atoms with Crippen molar-refractivity contribution in [2.75, 3.05) is 0 Å². The van der Waals surface area contributed by atoms with E-state index in [4.69, 9.17) is 9.26 Å². The van der Waals surface area contributed by atoms with Gasteiger partial charge < -0.3 is 14.6 Å². The molecular formula is C23H20N4O3. The maximum Gasteiger partial charge on any atom is 0.264 e. The summed E-state index contributed by atoms with van der Waals surface area (Å²) in [5, 5.41) is 6.94. The number of amides is 1. The third-order valence-electron chi connectivity index (χ3n) is 4.51. The fraction of sp³-hybridized carbons (Fsp3) is 0.130. The normalized spacial score (nSPS) is 11.6. The topological polar surface area (TPSA) is 90.1 Å². The van der Waals surface area contributed by atoms with Crippen molar-refractivity contribution in [1.29, 1.82) is 0 Å². The van der Waals surface area contributed by atoms with Crippen molar-refractivity contribution < 1.29 is 14.1 Å². The molecule has 0 radical (unpaired) electrons. The third kappa shape index (κ3) is 4.52. The van der Waals surface area contributed by atoms with Crippen LogP contribution < -0.4 is 10.1 Å². The van der Waals surface area contributed by atoms with Crippen molar-refractivity contribution in [1.82, 2.24) is 20.4 Å². The predicted octanol–water partition coefficient (Wildman–Crippen LogP) is 4.20. The third-order valence-corrected chi connectivity index (χ3v) is 4.51. The number of benzene rings is 2. The van der Waals surface area contributed by atoms with E-state index in [2.05, 4.69) is 20.4 Å². The molecule has 0 saturated carbocycles. The van der Waals surface area contributed by atoms with E-state index in [0.717, 1.165) is 11.1 Å². The number of hydrogen-bond donors (Lipinski definition) is 1. The Morgan fingerprint density at radius 1 is 1.07 bits per heavy atom. The molecular weight excluding hydrogens is 380 g/mol. The van der Waals surface area contributed by atoms with Crippen LogP contribution in [0.5, 0.6) is 5.75 Å². The first-order valence-electron chi connectivity index (χ1n) is 9.51. The summed E-state index contributed by atoms with van der Waals surface area (Å²) in [6, 6.07) is 20.1. The zero-order valence-electron chi connectivity index (χ0n) is 16.4. The van der Waals surface area contributed by atoms with Crippen molar-refractivity contribution in [3.63, 3.8) is 0 Å². The van der Waals surface area contributed by atoms with Crippen LogP contribution >= 0.6 is 0 Å². The second-order valence-corrected chi connectivity index (χ2v) is 6.64. The molecule has 1 N–H and O–H groups in total. The van der Waals surface area contributed by atoms with Crippen molar-refractivity contribution in [3.8, 4) is 17.1 Å². The summed E-state index contributed by atoms with van der Waals surface area (Å²) >= 11 is 0. The lowest BCUT2D eigenvalue weighted by molar-refractivity contribution is 0.0934. The van der Waals surface area contributed by atoms with E-state index < -0.39 is 0 Å². The first-order valence-corrected chi connectivity index (χ1v) is 9.51. The molecule has 0 unspecified atom stereocenters. The maximum absolute atomic E-state index is 12.8. The van der Waals surface area contributed by atoms with E-state index >= 15 is 0 Å². The highest BCUT2D eigenvalue weighted by Gasteiger charge is 2.17. The first kappa shape index (κ1) is 19.3. The van der Waals surface area contributed by atoms with Crippen molar-refractivity contribution >= 4 is 5.91 Å². The molecule has 7 heteroatoms. The molecule has 4 aromatic rings. The van der Waals surface area contributed by atoms with Crippen molar-refractivity contribution in [2.24, 2.45) is 0 Å². The molecule has 150 valence electrons. The summed E-state index contributed by atoms with van der Waals surface area (Å²) in [5.74, 6) is 1.02. The minimum atomic E-state index is -0.238. The molecule has 0 aliphatic carbocycles. The molecule has 0 saturated heterocycles. The number of hydrogen-bond acceptors (Lipinski definition) is 6. The van der Waals surface area contributed by atoms with Crippen LogP contribution in [0.2, 0.25) is 0 Å². The van der Waals surface area contributed by atoms with E-state index in [-0.39, 0.29) is 18.6 Å². The summed E-state index contributed by atoms with van der Waals surface area (Å²) in [4.78, 5) is 21.2. The molecule has 0 aliphatic rings. The molecule has 2 aromatic carbocycles. The van der Waals surface area contributed by atoms with Gasteiger partial charge in [0.1, 0.15) is 5.75 Å². The Hall–Kier alpha value is -4.00. The number of nitrogens with zero attached hydrogens (tertiary/aromatic N) is 3. The molecule has 1 atom stereocenters. The smallest absolute Gasteiger partial charge is 0.264 e. The van der Waals surface area contributed by atoms with Crippen LogP contribution in [0.1, 0.15) is 34.8 Å². The molecule has 2 heterocycles. The molecule has 1 amide bonds. The summed E-state index contributed by atoms with van der Waals surface area (Å²) in [5.41, 5.74) is 2.20.